The fourth-order valence-electron chi connectivity index (χ4n) is 1.14. The first kappa shape index (κ1) is 12.4. The SMILES string of the molecule is CC(C)OCC(O)c1cc(Cl)ccc1F. The van der Waals surface area contributed by atoms with Crippen LogP contribution in [0.2, 0.25) is 5.02 Å². The number of rotatable bonds is 4. The minimum atomic E-state index is -0.980. The number of aliphatic hydroxyl groups excluding tert-OH is 1. The van der Waals surface area contributed by atoms with Crippen molar-refractivity contribution in [2.24, 2.45) is 0 Å². The Kier molecular flexibility index (Phi) is 4.51. The van der Waals surface area contributed by atoms with Gasteiger partial charge in [0.25, 0.3) is 0 Å². The highest BCUT2D eigenvalue weighted by Gasteiger charge is 2.14. The molecule has 4 heteroatoms. The Morgan fingerprint density at radius 2 is 2.13 bits per heavy atom. The first-order chi connectivity index (χ1) is 7.00. The second-order valence-corrected chi connectivity index (χ2v) is 4.00. The maximum atomic E-state index is 13.3. The molecule has 1 aromatic carbocycles. The number of hydrogen-bond acceptors (Lipinski definition) is 2. The van der Waals surface area contributed by atoms with E-state index in [1.165, 1.54) is 18.2 Å². The Bertz CT molecular complexity index is 328. The van der Waals surface area contributed by atoms with E-state index in [0.717, 1.165) is 0 Å². The zero-order valence-corrected chi connectivity index (χ0v) is 9.46. The molecule has 0 aromatic heterocycles. The van der Waals surface area contributed by atoms with Crippen LogP contribution in [0, 0.1) is 5.82 Å². The van der Waals surface area contributed by atoms with Gasteiger partial charge < -0.3 is 9.84 Å². The molecule has 0 aliphatic carbocycles. The second-order valence-electron chi connectivity index (χ2n) is 3.56. The Labute approximate surface area is 93.6 Å². The Morgan fingerprint density at radius 1 is 1.47 bits per heavy atom. The molecular formula is C11H14ClFO2. The molecule has 0 heterocycles. The third-order valence-electron chi connectivity index (χ3n) is 1.90. The summed E-state index contributed by atoms with van der Waals surface area (Å²) in [7, 11) is 0. The van der Waals surface area contributed by atoms with Gasteiger partial charge in [0.2, 0.25) is 0 Å². The Hall–Kier alpha value is -0.640. The number of aliphatic hydroxyl groups is 1. The number of benzene rings is 1. The van der Waals surface area contributed by atoms with Gasteiger partial charge in [-0.2, -0.15) is 0 Å². The summed E-state index contributed by atoms with van der Waals surface area (Å²) in [6, 6.07) is 4.08. The van der Waals surface area contributed by atoms with Gasteiger partial charge in [-0.25, -0.2) is 4.39 Å². The summed E-state index contributed by atoms with van der Waals surface area (Å²) in [5.41, 5.74) is 0.170. The summed E-state index contributed by atoms with van der Waals surface area (Å²) < 4.78 is 18.5. The van der Waals surface area contributed by atoms with Gasteiger partial charge in [-0.3, -0.25) is 0 Å². The van der Waals surface area contributed by atoms with E-state index in [0.29, 0.717) is 5.02 Å². The van der Waals surface area contributed by atoms with Crippen LogP contribution in [0.5, 0.6) is 0 Å². The van der Waals surface area contributed by atoms with Gasteiger partial charge >= 0.3 is 0 Å². The molecule has 1 aromatic rings. The highest BCUT2D eigenvalue weighted by Crippen LogP contribution is 2.21. The standard InChI is InChI=1S/C11H14ClFO2/c1-7(2)15-6-11(14)9-5-8(12)3-4-10(9)13/h3-5,7,11,14H,6H2,1-2H3. The molecule has 0 fully saturated rings. The fraction of sp³-hybridized carbons (Fsp3) is 0.455. The Balaban J connectivity index is 2.72. The minimum Gasteiger partial charge on any atom is -0.386 e. The zero-order valence-electron chi connectivity index (χ0n) is 8.71. The summed E-state index contributed by atoms with van der Waals surface area (Å²) in [5, 5.41) is 10.0. The lowest BCUT2D eigenvalue weighted by molar-refractivity contribution is 0.00360. The third kappa shape index (κ3) is 3.78. The molecule has 1 rings (SSSR count). The van der Waals surface area contributed by atoms with Gasteiger partial charge in [0.05, 0.1) is 12.7 Å². The quantitative estimate of drug-likeness (QED) is 0.865. The second kappa shape index (κ2) is 5.45. The van der Waals surface area contributed by atoms with E-state index < -0.39 is 11.9 Å². The van der Waals surface area contributed by atoms with Crippen molar-refractivity contribution in [2.75, 3.05) is 6.61 Å². The average molecular weight is 233 g/mol. The molecule has 1 atom stereocenters. The molecule has 0 aliphatic heterocycles. The first-order valence-electron chi connectivity index (χ1n) is 4.75. The van der Waals surface area contributed by atoms with E-state index in [1.54, 1.807) is 0 Å². The fourth-order valence-corrected chi connectivity index (χ4v) is 1.32. The van der Waals surface area contributed by atoms with Crippen LogP contribution in [0.3, 0.4) is 0 Å². The highest BCUT2D eigenvalue weighted by molar-refractivity contribution is 6.30. The van der Waals surface area contributed by atoms with E-state index in [1.807, 2.05) is 13.8 Å². The van der Waals surface area contributed by atoms with Crippen LogP contribution in [0.1, 0.15) is 25.5 Å². The van der Waals surface area contributed by atoms with E-state index in [2.05, 4.69) is 0 Å². The molecule has 0 saturated carbocycles. The third-order valence-corrected chi connectivity index (χ3v) is 2.14. The van der Waals surface area contributed by atoms with Crippen LogP contribution in [0.4, 0.5) is 4.39 Å². The van der Waals surface area contributed by atoms with Crippen LogP contribution in [-0.2, 0) is 4.74 Å². The molecule has 0 saturated heterocycles. The highest BCUT2D eigenvalue weighted by atomic mass is 35.5. The largest absolute Gasteiger partial charge is 0.386 e. The van der Waals surface area contributed by atoms with E-state index in [9.17, 15) is 9.50 Å². The van der Waals surface area contributed by atoms with Crippen molar-refractivity contribution in [1.29, 1.82) is 0 Å². The van der Waals surface area contributed by atoms with Crippen LogP contribution in [0.15, 0.2) is 18.2 Å². The van der Waals surface area contributed by atoms with Crippen molar-refractivity contribution < 1.29 is 14.2 Å². The van der Waals surface area contributed by atoms with Crippen LogP contribution < -0.4 is 0 Å². The average Bonchev–Trinajstić information content (AvgIpc) is 2.18. The van der Waals surface area contributed by atoms with Crippen LogP contribution in [-0.4, -0.2) is 17.8 Å². The summed E-state index contributed by atoms with van der Waals surface area (Å²) in [6.07, 6.45) is -0.979. The first-order valence-corrected chi connectivity index (χ1v) is 5.13. The molecular weight excluding hydrogens is 219 g/mol. The van der Waals surface area contributed by atoms with Crippen molar-refractivity contribution in [1.82, 2.24) is 0 Å². The molecule has 84 valence electrons. The smallest absolute Gasteiger partial charge is 0.129 e. The lowest BCUT2D eigenvalue weighted by atomic mass is 10.1. The molecule has 0 bridgehead atoms. The van der Waals surface area contributed by atoms with Gasteiger partial charge in [-0.15, -0.1) is 0 Å². The number of ether oxygens (including phenoxy) is 1. The van der Waals surface area contributed by atoms with Gasteiger partial charge in [-0.1, -0.05) is 11.6 Å². The van der Waals surface area contributed by atoms with Crippen molar-refractivity contribution in [2.45, 2.75) is 26.1 Å². The minimum absolute atomic E-state index is 0.00176. The lowest BCUT2D eigenvalue weighted by Crippen LogP contribution is -2.13. The summed E-state index contributed by atoms with van der Waals surface area (Å²) in [5.74, 6) is -0.473. The molecule has 2 nitrogen and oxygen atoms in total. The predicted octanol–water partition coefficient (Wildman–Crippen LogP) is 2.94. The molecule has 1 unspecified atom stereocenters. The van der Waals surface area contributed by atoms with E-state index in [-0.39, 0.29) is 18.3 Å². The lowest BCUT2D eigenvalue weighted by Gasteiger charge is -2.14. The number of halogens is 2. The van der Waals surface area contributed by atoms with E-state index in [4.69, 9.17) is 16.3 Å². The maximum absolute atomic E-state index is 13.3. The van der Waals surface area contributed by atoms with E-state index >= 15 is 0 Å². The monoisotopic (exact) mass is 232 g/mol. The molecule has 0 aliphatic rings. The van der Waals surface area contributed by atoms with Crippen LogP contribution in [0.25, 0.3) is 0 Å². The van der Waals surface area contributed by atoms with Crippen molar-refractivity contribution >= 4 is 11.6 Å². The summed E-state index contributed by atoms with van der Waals surface area (Å²) in [6.45, 7) is 3.76. The van der Waals surface area contributed by atoms with Gasteiger partial charge in [0.15, 0.2) is 0 Å². The summed E-state index contributed by atoms with van der Waals surface area (Å²) in [4.78, 5) is 0. The van der Waals surface area contributed by atoms with Gasteiger partial charge in [-0.05, 0) is 32.0 Å². The molecule has 0 radical (unpaired) electrons. The van der Waals surface area contributed by atoms with Crippen molar-refractivity contribution in [3.63, 3.8) is 0 Å². The molecule has 1 N–H and O–H groups in total. The van der Waals surface area contributed by atoms with Gasteiger partial charge in [0.1, 0.15) is 11.9 Å². The molecule has 0 amide bonds. The number of hydrogen-bond donors (Lipinski definition) is 1. The molecule has 15 heavy (non-hydrogen) atoms. The van der Waals surface area contributed by atoms with Crippen molar-refractivity contribution in [3.05, 3.63) is 34.6 Å². The maximum Gasteiger partial charge on any atom is 0.129 e. The predicted molar refractivity (Wildman–Crippen MR) is 57.5 cm³/mol. The Morgan fingerprint density at radius 3 is 2.73 bits per heavy atom. The normalized spacial score (nSPS) is 13.2. The zero-order chi connectivity index (χ0) is 11.4. The van der Waals surface area contributed by atoms with Crippen molar-refractivity contribution in [3.8, 4) is 0 Å². The summed E-state index contributed by atoms with van der Waals surface area (Å²) >= 11 is 5.71. The topological polar surface area (TPSA) is 29.5 Å². The van der Waals surface area contributed by atoms with Crippen LogP contribution >= 0.6 is 11.6 Å². The van der Waals surface area contributed by atoms with Gasteiger partial charge in [0, 0.05) is 10.6 Å². The molecule has 0 spiro atoms.